The zero-order valence-electron chi connectivity index (χ0n) is 29.2. The van der Waals surface area contributed by atoms with Crippen molar-refractivity contribution in [3.8, 4) is 33.4 Å². The van der Waals surface area contributed by atoms with Crippen LogP contribution < -0.4 is 0 Å². The number of hydrogen-bond acceptors (Lipinski definition) is 0. The zero-order chi connectivity index (χ0) is 47.2. The molecule has 3 aromatic carbocycles. The van der Waals surface area contributed by atoms with Crippen LogP contribution in [0.4, 0.5) is 65.9 Å². The molecule has 0 aliphatic carbocycles. The summed E-state index contributed by atoms with van der Waals surface area (Å²) in [4.78, 5) is 10.5. The molecule has 0 amide bonds. The number of halogens is 23. The van der Waals surface area contributed by atoms with E-state index in [0.29, 0.717) is 0 Å². The van der Waals surface area contributed by atoms with Gasteiger partial charge in [-0.05, 0) is 95.6 Å². The van der Waals surface area contributed by atoms with Gasteiger partial charge in [-0.15, -0.1) is 0 Å². The third-order valence-electron chi connectivity index (χ3n) is 9.66. The maximum absolute atomic E-state index is 16.2. The van der Waals surface area contributed by atoms with Gasteiger partial charge in [0.05, 0.1) is 71.1 Å². The Bertz CT molecular complexity index is 3290. The second kappa shape index (κ2) is 16.7. The SMILES string of the molecule is Fc1c(F)c(F)c(-c2c3[nH]c(c(Br)c3Br)c(-c3c(F)c(F)c(F)c(F)c3F)c3[nH]c(c(Br)c3Br)[c+](-c3c(F)c(F)c(F)c(F)c3F)c3[nH]c(c(Br)c3Br)c3[nH]c2c(Br)c3Br)c(F)c1F. The Morgan fingerprint density at radius 2 is 0.453 bits per heavy atom. The molecule has 0 unspecified atom stereocenters. The molecule has 332 valence electrons. The molecule has 0 aliphatic heterocycles. The van der Waals surface area contributed by atoms with E-state index in [2.05, 4.69) is 147 Å². The van der Waals surface area contributed by atoms with Gasteiger partial charge in [0.1, 0.15) is 25.5 Å². The van der Waals surface area contributed by atoms with Gasteiger partial charge in [0.15, 0.2) is 52.1 Å². The van der Waals surface area contributed by atoms with Crippen LogP contribution in [0.3, 0.4) is 0 Å². The van der Waals surface area contributed by atoms with E-state index in [1.54, 1.807) is 0 Å². The minimum atomic E-state index is -2.64. The number of hydrogen-bond donors (Lipinski definition) is 4. The third kappa shape index (κ3) is 6.68. The molecule has 5 aromatic heterocycles. The maximum Gasteiger partial charge on any atom is 0.239 e. The van der Waals surface area contributed by atoms with E-state index in [1.807, 2.05) is 0 Å². The Kier molecular flexibility index (Phi) is 12.5. The first-order chi connectivity index (χ1) is 29.9. The first kappa shape index (κ1) is 47.7. The molecule has 64 heavy (non-hydrogen) atoms. The average molecular weight is 1430 g/mol. The maximum atomic E-state index is 16.2. The standard InChI is InChI=1S/C37H4Br8F15N4/c38-7-9(40)32-5(2-17(48)23(54)28(59)24(55)18(2)49)34-11(42)13(44)36(63-34)37-14(45)12(43)35(64-37)6(3-19(50)25(56)29(60)26(57)20(3)51)33-10(41)8(39)31(62-33)4(30(7)61-32)1-15(46)21(52)27(58)22(53)16(1)47/h61-64H/q+1. The number of aromatic amines is 4. The van der Waals surface area contributed by atoms with Crippen molar-refractivity contribution in [2.75, 3.05) is 0 Å². The van der Waals surface area contributed by atoms with E-state index in [0.717, 1.165) is 0 Å². The summed E-state index contributed by atoms with van der Waals surface area (Å²) < 4.78 is 228. The van der Waals surface area contributed by atoms with Gasteiger partial charge < -0.3 is 19.9 Å². The molecule has 0 radical (unpaired) electrons. The van der Waals surface area contributed by atoms with Crippen molar-refractivity contribution in [3.05, 3.63) is 123 Å². The van der Waals surface area contributed by atoms with Crippen LogP contribution in [-0.2, 0) is 0 Å². The summed E-state index contributed by atoms with van der Waals surface area (Å²) in [5.41, 5.74) is -12.8. The summed E-state index contributed by atoms with van der Waals surface area (Å²) in [7, 11) is 0. The smallest absolute Gasteiger partial charge is 0.239 e. The topological polar surface area (TPSA) is 63.2 Å². The van der Waals surface area contributed by atoms with Crippen LogP contribution in [-0.4, -0.2) is 19.9 Å². The quantitative estimate of drug-likeness (QED) is 0.0590. The molecular weight excluding hydrogens is 1420 g/mol. The fraction of sp³-hybridized carbons (Fsp3) is 0. The van der Waals surface area contributed by atoms with Gasteiger partial charge in [0.2, 0.25) is 40.7 Å². The van der Waals surface area contributed by atoms with Gasteiger partial charge in [-0.2, -0.15) is 22.0 Å². The van der Waals surface area contributed by atoms with Crippen LogP contribution in [0.1, 0.15) is 0 Å². The first-order valence-electron chi connectivity index (χ1n) is 16.3. The van der Waals surface area contributed by atoms with Crippen LogP contribution >= 0.6 is 127 Å². The minimum Gasteiger partial charge on any atom is -0.352 e. The number of H-pyrrole nitrogens is 4. The highest BCUT2D eigenvalue weighted by Crippen LogP contribution is 2.52. The molecular formula is C37H4Br8F15N4+. The Labute approximate surface area is 410 Å². The van der Waals surface area contributed by atoms with Crippen molar-refractivity contribution in [3.63, 3.8) is 0 Å². The highest BCUT2D eigenvalue weighted by atomic mass is 79.9. The molecule has 27 heteroatoms. The van der Waals surface area contributed by atoms with E-state index in [4.69, 9.17) is 0 Å². The molecule has 0 saturated heterocycles. The summed E-state index contributed by atoms with van der Waals surface area (Å²) in [6.45, 7) is 0. The summed E-state index contributed by atoms with van der Waals surface area (Å²) in [5, 5.41) is 0. The molecule has 8 aromatic rings. The van der Waals surface area contributed by atoms with E-state index in [9.17, 15) is 13.2 Å². The summed E-state index contributed by atoms with van der Waals surface area (Å²) in [6, 6.07) is 0. The number of rotatable bonds is 3. The van der Waals surface area contributed by atoms with Gasteiger partial charge in [0.25, 0.3) is 0 Å². The molecule has 0 fully saturated rings. The van der Waals surface area contributed by atoms with Crippen molar-refractivity contribution in [1.29, 1.82) is 0 Å². The molecule has 0 saturated carbocycles. The molecule has 0 atom stereocenters. The summed E-state index contributed by atoms with van der Waals surface area (Å²) in [5.74, 6) is -37.4. The summed E-state index contributed by atoms with van der Waals surface area (Å²) in [6.07, 6.45) is 0. The van der Waals surface area contributed by atoms with Gasteiger partial charge in [-0.1, -0.05) is 0 Å². The first-order valence-corrected chi connectivity index (χ1v) is 22.7. The highest BCUT2D eigenvalue weighted by molar-refractivity contribution is 9.14. The van der Waals surface area contributed by atoms with E-state index >= 15 is 52.7 Å². The predicted octanol–water partition coefficient (Wildman–Crippen LogP) is 18.2. The largest absolute Gasteiger partial charge is 0.352 e. The highest BCUT2D eigenvalue weighted by Gasteiger charge is 2.38. The summed E-state index contributed by atoms with van der Waals surface area (Å²) >= 11 is 25.4. The zero-order valence-corrected chi connectivity index (χ0v) is 41.9. The van der Waals surface area contributed by atoms with Crippen molar-refractivity contribution < 1.29 is 65.9 Å². The normalized spacial score (nSPS) is 12.0. The average Bonchev–Trinajstić information content (AvgIpc) is 3.93. The fourth-order valence-corrected chi connectivity index (χ4v) is 10.8. The Morgan fingerprint density at radius 3 is 0.812 bits per heavy atom. The molecule has 8 bridgehead atoms. The predicted molar refractivity (Wildman–Crippen MR) is 233 cm³/mol. The third-order valence-corrected chi connectivity index (χ3v) is 18.1. The van der Waals surface area contributed by atoms with Crippen LogP contribution in [0, 0.1) is 87.3 Å². The van der Waals surface area contributed by atoms with Gasteiger partial charge >= 0.3 is 0 Å². The molecule has 4 nitrogen and oxygen atoms in total. The Balaban J connectivity index is 1.83. The minimum absolute atomic E-state index is 0.142. The molecule has 0 aliphatic rings. The lowest BCUT2D eigenvalue weighted by Gasteiger charge is -2.11. The van der Waals surface area contributed by atoms with E-state index in [-0.39, 0.29) is 28.9 Å². The number of fused-ring (bicyclic) bond motifs is 9. The lowest BCUT2D eigenvalue weighted by atomic mass is 10.0. The molecule has 0 spiro atoms. The second-order valence-corrected chi connectivity index (χ2v) is 19.3. The van der Waals surface area contributed by atoms with Crippen molar-refractivity contribution in [2.45, 2.75) is 0 Å². The van der Waals surface area contributed by atoms with Crippen molar-refractivity contribution >= 4 is 172 Å². The van der Waals surface area contributed by atoms with Gasteiger partial charge in [-0.3, -0.25) is 0 Å². The Hall–Kier alpha value is -2.82. The molecule has 8 rings (SSSR count). The van der Waals surface area contributed by atoms with Gasteiger partial charge in [0, 0.05) is 43.0 Å². The van der Waals surface area contributed by atoms with Crippen molar-refractivity contribution in [2.24, 2.45) is 0 Å². The second-order valence-electron chi connectivity index (χ2n) is 13.0. The van der Waals surface area contributed by atoms with Crippen LogP contribution in [0.2, 0.25) is 0 Å². The van der Waals surface area contributed by atoms with Crippen molar-refractivity contribution in [1.82, 2.24) is 19.9 Å². The number of benzene rings is 3. The van der Waals surface area contributed by atoms with Crippen LogP contribution in [0.5, 0.6) is 0 Å². The van der Waals surface area contributed by atoms with Crippen LogP contribution in [0.25, 0.3) is 77.5 Å². The lowest BCUT2D eigenvalue weighted by Crippen LogP contribution is -2.05. The van der Waals surface area contributed by atoms with E-state index in [1.165, 1.54) is 0 Å². The van der Waals surface area contributed by atoms with Crippen LogP contribution in [0.15, 0.2) is 35.8 Å². The molecule has 5 heterocycles. The Morgan fingerprint density at radius 1 is 0.234 bits per heavy atom. The number of aromatic nitrogens is 4. The lowest BCUT2D eigenvalue weighted by molar-refractivity contribution is 0.381. The van der Waals surface area contributed by atoms with Gasteiger partial charge in [-0.25, -0.2) is 43.9 Å². The molecule has 4 N–H and O–H groups in total. The number of nitrogens with one attached hydrogen (secondary N) is 4. The fourth-order valence-electron chi connectivity index (χ4n) is 6.79. The van der Waals surface area contributed by atoms with E-state index < -0.39 is 172 Å². The monoisotopic (exact) mass is 1420 g/mol.